The molecule has 0 aromatic heterocycles. The maximum atomic E-state index is 4.93. The van der Waals surface area contributed by atoms with Gasteiger partial charge >= 0.3 is 0 Å². The van der Waals surface area contributed by atoms with E-state index in [0.717, 1.165) is 24.2 Å². The van der Waals surface area contributed by atoms with E-state index in [4.69, 9.17) is 4.99 Å². The Morgan fingerprint density at radius 2 is 2.09 bits per heavy atom. The smallest absolute Gasteiger partial charge is 0.0662 e. The lowest BCUT2D eigenvalue weighted by Gasteiger charge is -2.37. The van der Waals surface area contributed by atoms with Crippen LogP contribution >= 0.6 is 0 Å². The van der Waals surface area contributed by atoms with E-state index in [-0.39, 0.29) is 5.41 Å². The predicted molar refractivity (Wildman–Crippen MR) is 102 cm³/mol. The third kappa shape index (κ3) is 3.90. The molecule has 1 heteroatoms. The summed E-state index contributed by atoms with van der Waals surface area (Å²) >= 11 is 0. The van der Waals surface area contributed by atoms with Crippen molar-refractivity contribution in [3.63, 3.8) is 0 Å². The molecule has 0 N–H and O–H groups in total. The SMILES string of the molecule is CC=CC(C)(CC)C1CC=CC=C1C(C)=Nc1ccccc1C. The van der Waals surface area contributed by atoms with Gasteiger partial charge in [0.1, 0.15) is 0 Å². The minimum atomic E-state index is 0.174. The fourth-order valence-corrected chi connectivity index (χ4v) is 3.42. The highest BCUT2D eigenvalue weighted by Gasteiger charge is 2.33. The molecule has 0 saturated carbocycles. The molecule has 2 rings (SSSR count). The molecule has 0 amide bonds. The van der Waals surface area contributed by atoms with Crippen LogP contribution in [0.1, 0.15) is 46.1 Å². The van der Waals surface area contributed by atoms with Crippen molar-refractivity contribution >= 4 is 11.4 Å². The summed E-state index contributed by atoms with van der Waals surface area (Å²) < 4.78 is 0. The Morgan fingerprint density at radius 1 is 1.35 bits per heavy atom. The van der Waals surface area contributed by atoms with Gasteiger partial charge in [0.05, 0.1) is 5.69 Å². The van der Waals surface area contributed by atoms with Gasteiger partial charge in [-0.05, 0) is 62.1 Å². The molecule has 122 valence electrons. The summed E-state index contributed by atoms with van der Waals surface area (Å²) in [6, 6.07) is 8.34. The van der Waals surface area contributed by atoms with Crippen LogP contribution in [0.3, 0.4) is 0 Å². The molecule has 0 spiro atoms. The molecule has 0 saturated heterocycles. The van der Waals surface area contributed by atoms with Gasteiger partial charge in [0.2, 0.25) is 0 Å². The zero-order chi connectivity index (χ0) is 16.9. The normalized spacial score (nSPS) is 21.3. The Hall–Kier alpha value is -1.89. The summed E-state index contributed by atoms with van der Waals surface area (Å²) in [4.78, 5) is 4.93. The van der Waals surface area contributed by atoms with Gasteiger partial charge in [0.15, 0.2) is 0 Å². The second kappa shape index (κ2) is 7.59. The summed E-state index contributed by atoms with van der Waals surface area (Å²) in [6.07, 6.45) is 13.5. The standard InChI is InChI=1S/C22H29N/c1-6-16-22(5,7-2)20-14-10-9-13-19(20)18(4)23-21-15-11-8-12-17(21)3/h6,8-13,15-16,20H,7,14H2,1-5H3. The van der Waals surface area contributed by atoms with Crippen molar-refractivity contribution in [3.8, 4) is 0 Å². The summed E-state index contributed by atoms with van der Waals surface area (Å²) in [5, 5.41) is 0. The average molecular weight is 307 g/mol. The lowest BCUT2D eigenvalue weighted by Crippen LogP contribution is -2.29. The Balaban J connectivity index is 2.40. The second-order valence-corrected chi connectivity index (χ2v) is 6.68. The van der Waals surface area contributed by atoms with Crippen LogP contribution in [-0.2, 0) is 0 Å². The van der Waals surface area contributed by atoms with E-state index >= 15 is 0 Å². The zero-order valence-corrected chi connectivity index (χ0v) is 15.1. The maximum Gasteiger partial charge on any atom is 0.0662 e. The second-order valence-electron chi connectivity index (χ2n) is 6.68. The lowest BCUT2D eigenvalue weighted by molar-refractivity contribution is 0.289. The number of para-hydroxylation sites is 1. The Bertz CT molecular complexity index is 660. The third-order valence-electron chi connectivity index (χ3n) is 5.09. The van der Waals surface area contributed by atoms with Crippen molar-refractivity contribution in [2.24, 2.45) is 16.3 Å². The van der Waals surface area contributed by atoms with E-state index in [2.05, 4.69) is 89.3 Å². The van der Waals surface area contributed by atoms with E-state index in [1.807, 2.05) is 0 Å². The number of benzene rings is 1. The van der Waals surface area contributed by atoms with E-state index in [1.165, 1.54) is 11.1 Å². The van der Waals surface area contributed by atoms with Crippen molar-refractivity contribution in [3.05, 3.63) is 65.8 Å². The first-order valence-electron chi connectivity index (χ1n) is 8.63. The first-order chi connectivity index (χ1) is 11.0. The molecule has 0 fully saturated rings. The van der Waals surface area contributed by atoms with Gasteiger partial charge in [-0.2, -0.15) is 0 Å². The first kappa shape index (κ1) is 17.5. The topological polar surface area (TPSA) is 12.4 Å². The highest BCUT2D eigenvalue weighted by Crippen LogP contribution is 2.42. The van der Waals surface area contributed by atoms with E-state index in [9.17, 15) is 0 Å². The third-order valence-corrected chi connectivity index (χ3v) is 5.09. The molecule has 2 unspecified atom stereocenters. The number of hydrogen-bond acceptors (Lipinski definition) is 1. The molecule has 0 bridgehead atoms. The zero-order valence-electron chi connectivity index (χ0n) is 15.1. The molecule has 1 aromatic rings. The average Bonchev–Trinajstić information content (AvgIpc) is 2.57. The monoisotopic (exact) mass is 307 g/mol. The number of hydrogen-bond donors (Lipinski definition) is 0. The Labute approximate surface area is 141 Å². The molecule has 1 aromatic carbocycles. The van der Waals surface area contributed by atoms with E-state index in [0.29, 0.717) is 5.92 Å². The summed E-state index contributed by atoms with van der Waals surface area (Å²) in [5.74, 6) is 0.487. The van der Waals surface area contributed by atoms with Gasteiger partial charge < -0.3 is 0 Å². The fraction of sp³-hybridized carbons (Fsp3) is 0.409. The van der Waals surface area contributed by atoms with Gasteiger partial charge in [-0.15, -0.1) is 0 Å². The minimum absolute atomic E-state index is 0.174. The largest absolute Gasteiger partial charge is 0.253 e. The van der Waals surface area contributed by atoms with Gasteiger partial charge in [-0.25, -0.2) is 0 Å². The highest BCUT2D eigenvalue weighted by atomic mass is 14.8. The van der Waals surface area contributed by atoms with Crippen molar-refractivity contribution in [2.45, 2.75) is 47.5 Å². The molecule has 0 radical (unpaired) electrons. The molecule has 2 atom stereocenters. The Morgan fingerprint density at radius 3 is 2.74 bits per heavy atom. The molecule has 1 nitrogen and oxygen atoms in total. The highest BCUT2D eigenvalue weighted by molar-refractivity contribution is 6.01. The summed E-state index contributed by atoms with van der Waals surface area (Å²) in [7, 11) is 0. The van der Waals surface area contributed by atoms with Crippen LogP contribution < -0.4 is 0 Å². The molecule has 1 aliphatic rings. The van der Waals surface area contributed by atoms with Crippen molar-refractivity contribution in [1.82, 2.24) is 0 Å². The number of allylic oxidation sites excluding steroid dienone is 6. The lowest BCUT2D eigenvalue weighted by atomic mass is 9.67. The van der Waals surface area contributed by atoms with Gasteiger partial charge in [-0.3, -0.25) is 4.99 Å². The van der Waals surface area contributed by atoms with Crippen molar-refractivity contribution < 1.29 is 0 Å². The van der Waals surface area contributed by atoms with E-state index in [1.54, 1.807) is 0 Å². The first-order valence-corrected chi connectivity index (χ1v) is 8.63. The van der Waals surface area contributed by atoms with Crippen LogP contribution in [-0.4, -0.2) is 5.71 Å². The molecular formula is C22H29N. The Kier molecular flexibility index (Phi) is 5.76. The van der Waals surface area contributed by atoms with Crippen LogP contribution in [0, 0.1) is 18.3 Å². The van der Waals surface area contributed by atoms with Gasteiger partial charge in [0, 0.05) is 5.71 Å². The molecule has 23 heavy (non-hydrogen) atoms. The minimum Gasteiger partial charge on any atom is -0.253 e. The van der Waals surface area contributed by atoms with Crippen LogP contribution in [0.2, 0.25) is 0 Å². The van der Waals surface area contributed by atoms with Gasteiger partial charge in [0.25, 0.3) is 0 Å². The van der Waals surface area contributed by atoms with Crippen LogP contribution in [0.15, 0.2) is 65.2 Å². The molecule has 1 aliphatic carbocycles. The molecular weight excluding hydrogens is 278 g/mol. The molecule has 0 aliphatic heterocycles. The summed E-state index contributed by atoms with van der Waals surface area (Å²) in [6.45, 7) is 11.0. The predicted octanol–water partition coefficient (Wildman–Crippen LogP) is 6.58. The number of aliphatic imine (C=N–C) groups is 1. The number of aryl methyl sites for hydroxylation is 1. The number of nitrogens with zero attached hydrogens (tertiary/aromatic N) is 1. The van der Waals surface area contributed by atoms with Crippen molar-refractivity contribution in [2.75, 3.05) is 0 Å². The van der Waals surface area contributed by atoms with Crippen LogP contribution in [0.5, 0.6) is 0 Å². The number of rotatable bonds is 5. The van der Waals surface area contributed by atoms with Crippen LogP contribution in [0.25, 0.3) is 0 Å². The molecule has 0 heterocycles. The maximum absolute atomic E-state index is 4.93. The van der Waals surface area contributed by atoms with E-state index < -0.39 is 0 Å². The fourth-order valence-electron chi connectivity index (χ4n) is 3.42. The quantitative estimate of drug-likeness (QED) is 0.430. The summed E-state index contributed by atoms with van der Waals surface area (Å²) in [5.41, 5.74) is 4.98. The van der Waals surface area contributed by atoms with Crippen LogP contribution in [0.4, 0.5) is 5.69 Å². The van der Waals surface area contributed by atoms with Gasteiger partial charge in [-0.1, -0.05) is 62.4 Å². The van der Waals surface area contributed by atoms with Crippen molar-refractivity contribution in [1.29, 1.82) is 0 Å².